The number of nitrogens with zero attached hydrogens (tertiary/aromatic N) is 2. The van der Waals surface area contributed by atoms with Crippen molar-refractivity contribution in [3.8, 4) is 0 Å². The quantitative estimate of drug-likeness (QED) is 0.841. The molecule has 1 aromatic carbocycles. The Hall–Kier alpha value is -2.36. The molecular weight excluding hydrogens is 252 g/mol. The van der Waals surface area contributed by atoms with Crippen molar-refractivity contribution in [3.05, 3.63) is 65.5 Å². The first-order valence-electron chi connectivity index (χ1n) is 6.70. The third kappa shape index (κ3) is 2.79. The highest BCUT2D eigenvalue weighted by Crippen LogP contribution is 2.18. The molecule has 2 aromatic rings. The van der Waals surface area contributed by atoms with Crippen LogP contribution in [-0.2, 0) is 24.3 Å². The monoisotopic (exact) mass is 268 g/mol. The van der Waals surface area contributed by atoms with Crippen LogP contribution in [0.1, 0.15) is 16.7 Å². The van der Waals surface area contributed by atoms with E-state index in [2.05, 4.69) is 4.98 Å². The summed E-state index contributed by atoms with van der Waals surface area (Å²) in [6, 6.07) is 11.7. The Morgan fingerprint density at radius 3 is 2.90 bits per heavy atom. The van der Waals surface area contributed by atoms with E-state index in [1.165, 1.54) is 5.56 Å². The molecule has 0 bridgehead atoms. The summed E-state index contributed by atoms with van der Waals surface area (Å²) in [5.41, 5.74) is 3.38. The van der Waals surface area contributed by atoms with Crippen LogP contribution < -0.4 is 0 Å². The second kappa shape index (κ2) is 5.74. The lowest BCUT2D eigenvalue weighted by atomic mass is 10.0. The van der Waals surface area contributed by atoms with Crippen molar-refractivity contribution < 1.29 is 9.53 Å². The van der Waals surface area contributed by atoms with Gasteiger partial charge in [-0.05, 0) is 29.2 Å². The molecule has 3 rings (SSSR count). The molecule has 1 aromatic heterocycles. The lowest BCUT2D eigenvalue weighted by Gasteiger charge is -2.27. The van der Waals surface area contributed by atoms with Crippen molar-refractivity contribution in [2.75, 3.05) is 6.54 Å². The molecule has 0 fully saturated rings. The van der Waals surface area contributed by atoms with Crippen LogP contribution in [0.15, 0.2) is 48.8 Å². The number of fused-ring (bicyclic) bond motifs is 1. The Morgan fingerprint density at radius 2 is 2.05 bits per heavy atom. The van der Waals surface area contributed by atoms with E-state index in [1.54, 1.807) is 11.1 Å². The molecule has 102 valence electrons. The Bertz CT molecular complexity index is 598. The SMILES string of the molecule is O=C(OCc1ccccc1)N1CCc2ccncc2C1. The molecule has 0 atom stereocenters. The second-order valence-electron chi connectivity index (χ2n) is 4.86. The van der Waals surface area contributed by atoms with Crippen LogP contribution >= 0.6 is 0 Å². The first-order chi connectivity index (χ1) is 9.83. The van der Waals surface area contributed by atoms with Crippen LogP contribution in [0.5, 0.6) is 0 Å². The van der Waals surface area contributed by atoms with Gasteiger partial charge in [-0.25, -0.2) is 4.79 Å². The molecule has 4 heteroatoms. The fourth-order valence-electron chi connectivity index (χ4n) is 2.35. The normalized spacial score (nSPS) is 13.7. The Balaban J connectivity index is 1.59. The fourth-order valence-corrected chi connectivity index (χ4v) is 2.35. The maximum atomic E-state index is 12.1. The highest BCUT2D eigenvalue weighted by molar-refractivity contribution is 5.68. The maximum absolute atomic E-state index is 12.1. The van der Waals surface area contributed by atoms with Crippen LogP contribution in [0, 0.1) is 0 Å². The van der Waals surface area contributed by atoms with Crippen molar-refractivity contribution >= 4 is 6.09 Å². The molecule has 1 aliphatic heterocycles. The zero-order chi connectivity index (χ0) is 13.8. The Morgan fingerprint density at radius 1 is 1.20 bits per heavy atom. The van der Waals surface area contributed by atoms with Crippen molar-refractivity contribution in [1.82, 2.24) is 9.88 Å². The van der Waals surface area contributed by atoms with Crippen LogP contribution in [0.2, 0.25) is 0 Å². The molecule has 0 N–H and O–H groups in total. The third-order valence-corrected chi connectivity index (χ3v) is 3.48. The largest absolute Gasteiger partial charge is 0.445 e. The smallest absolute Gasteiger partial charge is 0.410 e. The van der Waals surface area contributed by atoms with Crippen molar-refractivity contribution in [2.24, 2.45) is 0 Å². The molecule has 0 spiro atoms. The van der Waals surface area contributed by atoms with Gasteiger partial charge in [-0.1, -0.05) is 30.3 Å². The number of rotatable bonds is 2. The minimum absolute atomic E-state index is 0.261. The van der Waals surface area contributed by atoms with Gasteiger partial charge in [-0.15, -0.1) is 0 Å². The predicted molar refractivity (Wildman–Crippen MR) is 75.0 cm³/mol. The molecule has 20 heavy (non-hydrogen) atoms. The van der Waals surface area contributed by atoms with Gasteiger partial charge in [-0.3, -0.25) is 4.98 Å². The molecule has 2 heterocycles. The number of hydrogen-bond donors (Lipinski definition) is 0. The zero-order valence-corrected chi connectivity index (χ0v) is 11.2. The highest BCUT2D eigenvalue weighted by atomic mass is 16.6. The summed E-state index contributed by atoms with van der Waals surface area (Å²) in [5, 5.41) is 0. The summed E-state index contributed by atoms with van der Waals surface area (Å²) in [7, 11) is 0. The molecule has 0 aliphatic carbocycles. The molecule has 0 saturated carbocycles. The topological polar surface area (TPSA) is 42.4 Å². The number of carbonyl (C=O) groups is 1. The molecule has 1 aliphatic rings. The first-order valence-corrected chi connectivity index (χ1v) is 6.70. The number of carbonyl (C=O) groups excluding carboxylic acids is 1. The van der Waals surface area contributed by atoms with Crippen molar-refractivity contribution in [1.29, 1.82) is 0 Å². The van der Waals surface area contributed by atoms with Gasteiger partial charge in [0.25, 0.3) is 0 Å². The van der Waals surface area contributed by atoms with Crippen molar-refractivity contribution in [3.63, 3.8) is 0 Å². The average molecular weight is 268 g/mol. The fraction of sp³-hybridized carbons (Fsp3) is 0.250. The molecule has 4 nitrogen and oxygen atoms in total. The third-order valence-electron chi connectivity index (χ3n) is 3.48. The van der Waals surface area contributed by atoms with Gasteiger partial charge in [0.15, 0.2) is 0 Å². The van der Waals surface area contributed by atoms with E-state index in [0.717, 1.165) is 17.5 Å². The van der Waals surface area contributed by atoms with E-state index in [-0.39, 0.29) is 6.09 Å². The number of pyridine rings is 1. The standard InChI is InChI=1S/C16H16N2O2/c19-16(20-12-13-4-2-1-3-5-13)18-9-7-14-6-8-17-10-15(14)11-18/h1-6,8,10H,7,9,11-12H2. The molecule has 1 amide bonds. The first kappa shape index (κ1) is 12.7. The lowest BCUT2D eigenvalue weighted by Crippen LogP contribution is -2.36. The van der Waals surface area contributed by atoms with Gasteiger partial charge >= 0.3 is 6.09 Å². The van der Waals surface area contributed by atoms with E-state index in [1.807, 2.05) is 42.6 Å². The van der Waals surface area contributed by atoms with E-state index in [9.17, 15) is 4.79 Å². The molecule has 0 saturated heterocycles. The highest BCUT2D eigenvalue weighted by Gasteiger charge is 2.21. The number of ether oxygens (including phenoxy) is 1. The minimum atomic E-state index is -0.261. The van der Waals surface area contributed by atoms with Gasteiger partial charge in [0.1, 0.15) is 6.61 Å². The average Bonchev–Trinajstić information content (AvgIpc) is 2.53. The summed E-state index contributed by atoms with van der Waals surface area (Å²) in [4.78, 5) is 17.9. The van der Waals surface area contributed by atoms with E-state index >= 15 is 0 Å². The van der Waals surface area contributed by atoms with Gasteiger partial charge in [0.2, 0.25) is 0 Å². The van der Waals surface area contributed by atoms with Gasteiger partial charge in [0, 0.05) is 18.9 Å². The van der Waals surface area contributed by atoms with Gasteiger partial charge in [-0.2, -0.15) is 0 Å². The second-order valence-corrected chi connectivity index (χ2v) is 4.86. The van der Waals surface area contributed by atoms with E-state index < -0.39 is 0 Å². The Kier molecular flexibility index (Phi) is 3.63. The number of benzene rings is 1. The lowest BCUT2D eigenvalue weighted by molar-refractivity contribution is 0.0918. The number of amides is 1. The number of hydrogen-bond acceptors (Lipinski definition) is 3. The van der Waals surface area contributed by atoms with Gasteiger partial charge in [0.05, 0.1) is 6.54 Å². The maximum Gasteiger partial charge on any atom is 0.410 e. The van der Waals surface area contributed by atoms with Crippen LogP contribution in [0.25, 0.3) is 0 Å². The molecular formula is C16H16N2O2. The van der Waals surface area contributed by atoms with Crippen LogP contribution in [-0.4, -0.2) is 22.5 Å². The molecule has 0 unspecified atom stereocenters. The Labute approximate surface area is 118 Å². The summed E-state index contributed by atoms with van der Waals surface area (Å²) >= 11 is 0. The van der Waals surface area contributed by atoms with Crippen LogP contribution in [0.3, 0.4) is 0 Å². The summed E-state index contributed by atoms with van der Waals surface area (Å²) in [6.07, 6.45) is 4.22. The van der Waals surface area contributed by atoms with E-state index in [0.29, 0.717) is 19.7 Å². The zero-order valence-electron chi connectivity index (χ0n) is 11.2. The summed E-state index contributed by atoms with van der Waals surface area (Å²) in [6.45, 7) is 1.59. The predicted octanol–water partition coefficient (Wildman–Crippen LogP) is 2.78. The van der Waals surface area contributed by atoms with Crippen LogP contribution in [0.4, 0.5) is 4.79 Å². The van der Waals surface area contributed by atoms with Crippen molar-refractivity contribution in [2.45, 2.75) is 19.6 Å². The van der Waals surface area contributed by atoms with Gasteiger partial charge < -0.3 is 9.64 Å². The summed E-state index contributed by atoms with van der Waals surface area (Å²) in [5.74, 6) is 0. The minimum Gasteiger partial charge on any atom is -0.445 e. The molecule has 0 radical (unpaired) electrons. The van der Waals surface area contributed by atoms with E-state index in [4.69, 9.17) is 4.74 Å². The summed E-state index contributed by atoms with van der Waals surface area (Å²) < 4.78 is 5.35. The number of aromatic nitrogens is 1.